The lowest BCUT2D eigenvalue weighted by Gasteiger charge is -2.50. The van der Waals surface area contributed by atoms with Crippen LogP contribution in [0.15, 0.2) is 41.3 Å². The first-order chi connectivity index (χ1) is 19.2. The molecule has 3 aromatic rings. The molecule has 2 fully saturated rings. The van der Waals surface area contributed by atoms with Crippen LogP contribution in [-0.2, 0) is 11.1 Å². The Hall–Kier alpha value is -3.54. The highest BCUT2D eigenvalue weighted by molar-refractivity contribution is 5.91. The van der Waals surface area contributed by atoms with Crippen LogP contribution < -0.4 is 16.2 Å². The summed E-state index contributed by atoms with van der Waals surface area (Å²) in [4.78, 5) is 29.3. The maximum Gasteiger partial charge on any atom is 0.410 e. The quantitative estimate of drug-likeness (QED) is 0.302. The van der Waals surface area contributed by atoms with Gasteiger partial charge in [-0.15, -0.1) is 0 Å². The molecule has 3 atom stereocenters. The van der Waals surface area contributed by atoms with Gasteiger partial charge in [0.1, 0.15) is 10.9 Å². The molecule has 2 saturated heterocycles. The lowest BCUT2D eigenvalue weighted by molar-refractivity contribution is -0.196. The number of H-pyrrole nitrogens is 1. The highest BCUT2D eigenvalue weighted by Crippen LogP contribution is 2.46. The Morgan fingerprint density at radius 2 is 1.88 bits per heavy atom. The second kappa shape index (κ2) is 10.1. The van der Waals surface area contributed by atoms with Crippen LogP contribution in [0.1, 0.15) is 65.4 Å². The van der Waals surface area contributed by atoms with Gasteiger partial charge in [0, 0.05) is 24.5 Å². The summed E-state index contributed by atoms with van der Waals surface area (Å²) in [6, 6.07) is 7.57. The van der Waals surface area contributed by atoms with Gasteiger partial charge in [0.05, 0.1) is 11.1 Å². The topological polar surface area (TPSA) is 115 Å². The number of aromatic nitrogens is 3. The van der Waals surface area contributed by atoms with E-state index in [1.807, 2.05) is 32.4 Å². The largest absolute Gasteiger partial charge is 0.465 e. The lowest BCUT2D eigenvalue weighted by atomic mass is 9.72. The maximum atomic E-state index is 14.0. The van der Waals surface area contributed by atoms with Crippen LogP contribution in [0.4, 0.5) is 29.5 Å². The van der Waals surface area contributed by atoms with E-state index in [2.05, 4.69) is 15.6 Å². The Morgan fingerprint density at radius 1 is 1.17 bits per heavy atom. The highest BCUT2D eigenvalue weighted by Gasteiger charge is 2.57. The fraction of sp³-hybridized carbons (Fsp3) is 0.552. The number of nitrogens with one attached hydrogen (secondary N) is 3. The van der Waals surface area contributed by atoms with Gasteiger partial charge in [-0.3, -0.25) is 14.8 Å². The normalized spacial score (nSPS) is 25.5. The van der Waals surface area contributed by atoms with Gasteiger partial charge in [-0.25, -0.2) is 4.79 Å². The number of aromatic amines is 1. The summed E-state index contributed by atoms with van der Waals surface area (Å²) >= 11 is 0. The second-order valence-electron chi connectivity index (χ2n) is 12.4. The zero-order valence-electron chi connectivity index (χ0n) is 23.7. The molecule has 2 aromatic heterocycles. The molecule has 1 amide bonds. The number of halogens is 3. The van der Waals surface area contributed by atoms with E-state index in [1.165, 1.54) is 17.0 Å². The second-order valence-corrected chi connectivity index (χ2v) is 12.4. The summed E-state index contributed by atoms with van der Waals surface area (Å²) in [5.74, 6) is 0.292. The van der Waals surface area contributed by atoms with Crippen molar-refractivity contribution in [3.63, 3.8) is 0 Å². The van der Waals surface area contributed by atoms with Gasteiger partial charge < -0.3 is 20.3 Å². The van der Waals surface area contributed by atoms with Gasteiger partial charge in [-0.2, -0.15) is 18.3 Å². The molecule has 5 rings (SSSR count). The van der Waals surface area contributed by atoms with Crippen molar-refractivity contribution in [3.8, 4) is 0 Å². The molecule has 4 heterocycles. The lowest BCUT2D eigenvalue weighted by Crippen LogP contribution is -2.57. The number of piperidine rings is 1. The summed E-state index contributed by atoms with van der Waals surface area (Å²) in [5, 5.41) is 20.9. The minimum atomic E-state index is -4.43. The number of nitrogens with zero attached hydrogens (tertiary/aromatic N) is 3. The number of anilines is 2. The Labute approximate surface area is 236 Å². The number of alkyl halides is 3. The molecule has 0 aliphatic carbocycles. The number of carboxylic acid groups (broad SMARTS) is 1. The van der Waals surface area contributed by atoms with E-state index < -0.39 is 23.3 Å². The Balaban J connectivity index is 1.54. The molecular weight excluding hydrogens is 537 g/mol. The van der Waals surface area contributed by atoms with Crippen LogP contribution in [-0.4, -0.2) is 56.2 Å². The van der Waals surface area contributed by atoms with E-state index >= 15 is 0 Å². The first-order valence-electron chi connectivity index (χ1n) is 14.0. The first kappa shape index (κ1) is 29.0. The van der Waals surface area contributed by atoms with Crippen LogP contribution in [0.3, 0.4) is 0 Å². The third kappa shape index (κ3) is 4.85. The number of carbonyl (C=O) groups is 1. The molecule has 1 aromatic carbocycles. The number of hydrogen-bond acceptors (Lipinski definition) is 5. The van der Waals surface area contributed by atoms with Crippen LogP contribution in [0, 0.1) is 5.41 Å². The number of benzene rings is 1. The number of rotatable bonds is 5. The van der Waals surface area contributed by atoms with Gasteiger partial charge in [0.25, 0.3) is 5.56 Å². The van der Waals surface area contributed by atoms with Crippen molar-refractivity contribution in [2.75, 3.05) is 18.4 Å². The summed E-state index contributed by atoms with van der Waals surface area (Å²) in [7, 11) is 0. The molecule has 0 radical (unpaired) electrons. The van der Waals surface area contributed by atoms with E-state index in [4.69, 9.17) is 5.10 Å². The predicted molar refractivity (Wildman–Crippen MR) is 151 cm³/mol. The third-order valence-electron chi connectivity index (χ3n) is 9.00. The molecule has 0 bridgehead atoms. The zero-order chi connectivity index (χ0) is 29.8. The average molecular weight is 575 g/mol. The summed E-state index contributed by atoms with van der Waals surface area (Å²) < 4.78 is 43.9. The van der Waals surface area contributed by atoms with Crippen LogP contribution in [0.2, 0.25) is 0 Å². The molecule has 0 saturated carbocycles. The molecule has 222 valence electrons. The van der Waals surface area contributed by atoms with E-state index in [-0.39, 0.29) is 29.0 Å². The number of fused-ring (bicyclic) bond motifs is 1. The molecule has 41 heavy (non-hydrogen) atoms. The highest BCUT2D eigenvalue weighted by atomic mass is 19.4. The van der Waals surface area contributed by atoms with Crippen LogP contribution in [0.25, 0.3) is 10.9 Å². The van der Waals surface area contributed by atoms with E-state index in [0.717, 1.165) is 0 Å². The standard InChI is InChI=1S/C29H37F3N6O3/c1-5-27(13-16-37(25(40)41)21(17-27)26(2,3)4)38-20-11-15-33-24(39)22(20)23(36-38)35-19-9-7-18(8-10-19)28(29(30,31)32)12-6-14-34-28/h7-11,15,21,34H,5-6,12-14,16-17H2,1-4H3,(H,33,39)(H,35,36)(H,40,41). The van der Waals surface area contributed by atoms with Crippen molar-refractivity contribution >= 4 is 28.5 Å². The van der Waals surface area contributed by atoms with Crippen molar-refractivity contribution in [1.29, 1.82) is 0 Å². The number of likely N-dealkylation sites (tertiary alicyclic amines) is 1. The number of amides is 1. The smallest absolute Gasteiger partial charge is 0.410 e. The molecule has 2 aliphatic rings. The zero-order valence-corrected chi connectivity index (χ0v) is 23.7. The Bertz CT molecular complexity index is 1480. The van der Waals surface area contributed by atoms with Crippen molar-refractivity contribution in [2.45, 2.75) is 83.1 Å². The van der Waals surface area contributed by atoms with Gasteiger partial charge in [-0.1, -0.05) is 39.8 Å². The maximum absolute atomic E-state index is 14.0. The van der Waals surface area contributed by atoms with Gasteiger partial charge in [0.2, 0.25) is 0 Å². The fourth-order valence-corrected chi connectivity index (χ4v) is 6.62. The predicted octanol–water partition coefficient (Wildman–Crippen LogP) is 5.90. The molecule has 4 N–H and O–H groups in total. The Kier molecular flexibility index (Phi) is 7.12. The third-order valence-corrected chi connectivity index (χ3v) is 9.00. The Morgan fingerprint density at radius 3 is 2.44 bits per heavy atom. The minimum Gasteiger partial charge on any atom is -0.465 e. The molecule has 0 spiro atoms. The molecule has 9 nitrogen and oxygen atoms in total. The van der Waals surface area contributed by atoms with Gasteiger partial charge in [0.15, 0.2) is 5.82 Å². The van der Waals surface area contributed by atoms with Crippen molar-refractivity contribution in [2.24, 2.45) is 5.41 Å². The van der Waals surface area contributed by atoms with Crippen LogP contribution >= 0.6 is 0 Å². The summed E-state index contributed by atoms with van der Waals surface area (Å²) in [6.07, 6.45) is -1.72. The number of hydrogen-bond donors (Lipinski definition) is 4. The van der Waals surface area contributed by atoms with Crippen molar-refractivity contribution < 1.29 is 23.1 Å². The average Bonchev–Trinajstić information content (AvgIpc) is 3.56. The van der Waals surface area contributed by atoms with E-state index in [9.17, 15) is 27.9 Å². The summed E-state index contributed by atoms with van der Waals surface area (Å²) in [5.41, 5.74) is -2.05. The molecule has 2 aliphatic heterocycles. The molecule has 12 heteroatoms. The molecular formula is C29H37F3N6O3. The first-order valence-corrected chi connectivity index (χ1v) is 14.0. The minimum absolute atomic E-state index is 0.0261. The fourth-order valence-electron chi connectivity index (χ4n) is 6.62. The van der Waals surface area contributed by atoms with E-state index in [1.54, 1.807) is 24.4 Å². The van der Waals surface area contributed by atoms with Crippen LogP contribution in [0.5, 0.6) is 0 Å². The van der Waals surface area contributed by atoms with Crippen molar-refractivity contribution in [1.82, 2.24) is 25.0 Å². The van der Waals surface area contributed by atoms with Crippen molar-refractivity contribution in [3.05, 3.63) is 52.4 Å². The monoisotopic (exact) mass is 574 g/mol. The van der Waals surface area contributed by atoms with Gasteiger partial charge >= 0.3 is 12.3 Å². The van der Waals surface area contributed by atoms with E-state index in [0.29, 0.717) is 61.2 Å². The summed E-state index contributed by atoms with van der Waals surface area (Å²) in [6.45, 7) is 8.72. The SMILES string of the molecule is CCC1(n2nc(Nc3ccc(C4(C(F)(F)F)CCCN4)cc3)c3c(=O)[nH]ccc32)CCN(C(=O)O)C(C(C)(C)C)C1. The van der Waals surface area contributed by atoms with Gasteiger partial charge in [-0.05, 0) is 67.8 Å². The molecule has 3 unspecified atom stereocenters. The number of pyridine rings is 1.